The van der Waals surface area contributed by atoms with Crippen molar-refractivity contribution >= 4 is 28.8 Å². The highest BCUT2D eigenvalue weighted by Gasteiger charge is 2.18. The summed E-state index contributed by atoms with van der Waals surface area (Å²) in [6, 6.07) is 10.1. The molecule has 1 aliphatic rings. The second-order valence-electron chi connectivity index (χ2n) is 7.95. The van der Waals surface area contributed by atoms with Crippen LogP contribution in [0.25, 0.3) is 11.1 Å². The molecule has 2 aromatic heterocycles. The van der Waals surface area contributed by atoms with Crippen molar-refractivity contribution in [3.63, 3.8) is 0 Å². The number of rotatable bonds is 8. The molecule has 0 radical (unpaired) electrons. The van der Waals surface area contributed by atoms with Crippen LogP contribution in [0.1, 0.15) is 54.5 Å². The van der Waals surface area contributed by atoms with E-state index in [1.165, 1.54) is 37.6 Å². The molecule has 0 unspecified atom stereocenters. The molecule has 30 heavy (non-hydrogen) atoms. The maximum Gasteiger partial charge on any atom is 0.286 e. The van der Waals surface area contributed by atoms with E-state index in [-0.39, 0.29) is 5.91 Å². The van der Waals surface area contributed by atoms with Gasteiger partial charge in [0, 0.05) is 19.1 Å². The van der Waals surface area contributed by atoms with Gasteiger partial charge in [0.25, 0.3) is 11.1 Å². The van der Waals surface area contributed by atoms with E-state index in [4.69, 9.17) is 8.83 Å². The fraction of sp³-hybridized carbons (Fsp3) is 0.478. The van der Waals surface area contributed by atoms with E-state index in [0.717, 1.165) is 35.4 Å². The van der Waals surface area contributed by atoms with Gasteiger partial charge in [-0.25, -0.2) is 4.98 Å². The number of hydrogen-bond acceptors (Lipinski definition) is 6. The molecule has 1 N–H and O–H groups in total. The number of hydrogen-bond donors (Lipinski definition) is 1. The molecule has 1 atom stereocenters. The third-order valence-electron chi connectivity index (χ3n) is 5.67. The van der Waals surface area contributed by atoms with E-state index in [9.17, 15) is 4.79 Å². The van der Waals surface area contributed by atoms with E-state index >= 15 is 0 Å². The van der Waals surface area contributed by atoms with Gasteiger partial charge in [0.15, 0.2) is 11.3 Å². The van der Waals surface area contributed by atoms with Crippen molar-refractivity contribution in [2.75, 3.05) is 19.6 Å². The van der Waals surface area contributed by atoms with Crippen LogP contribution in [-0.2, 0) is 5.75 Å². The number of aromatic nitrogens is 1. The second-order valence-corrected chi connectivity index (χ2v) is 8.87. The predicted octanol–water partition coefficient (Wildman–Crippen LogP) is 5.02. The normalized spacial score (nSPS) is 17.5. The number of aryl methyl sites for hydroxylation is 1. The van der Waals surface area contributed by atoms with Crippen LogP contribution < -0.4 is 5.32 Å². The highest BCUT2D eigenvalue weighted by molar-refractivity contribution is 7.98. The van der Waals surface area contributed by atoms with Crippen molar-refractivity contribution in [1.29, 1.82) is 0 Å². The summed E-state index contributed by atoms with van der Waals surface area (Å²) in [5, 5.41) is 3.57. The Labute approximate surface area is 181 Å². The van der Waals surface area contributed by atoms with Gasteiger partial charge in [-0.05, 0) is 63.4 Å². The molecule has 1 aliphatic heterocycles. The number of nitrogens with one attached hydrogen (secondary N) is 1. The summed E-state index contributed by atoms with van der Waals surface area (Å²) < 4.78 is 11.5. The van der Waals surface area contributed by atoms with Gasteiger partial charge in [0.1, 0.15) is 11.3 Å². The SMILES string of the molecule is Cc1cccc2oc(SCc3ccc(C(=O)NCCCN4CCCC[C@H]4C)o3)nc12. The Balaban J connectivity index is 1.23. The molecule has 0 spiro atoms. The van der Waals surface area contributed by atoms with Crippen LogP contribution >= 0.6 is 11.8 Å². The van der Waals surface area contributed by atoms with Crippen LogP contribution in [0.15, 0.2) is 44.4 Å². The number of carbonyl (C=O) groups excluding carboxylic acids is 1. The Bertz CT molecular complexity index is 997. The number of likely N-dealkylation sites (tertiary alicyclic amines) is 1. The van der Waals surface area contributed by atoms with Crippen molar-refractivity contribution in [1.82, 2.24) is 15.2 Å². The van der Waals surface area contributed by atoms with Gasteiger partial charge in [0.2, 0.25) is 0 Å². The van der Waals surface area contributed by atoms with Crippen LogP contribution in [-0.4, -0.2) is 41.5 Å². The third-order valence-corrected chi connectivity index (χ3v) is 6.52. The fourth-order valence-corrected chi connectivity index (χ4v) is 4.62. The van der Waals surface area contributed by atoms with E-state index in [0.29, 0.717) is 29.3 Å². The standard InChI is InChI=1S/C23H29N3O3S/c1-16-7-5-9-19-21(16)25-23(29-19)30-15-18-10-11-20(28-18)22(27)24-12-6-14-26-13-4-3-8-17(26)2/h5,7,9-11,17H,3-4,6,8,12-15H2,1-2H3,(H,24,27)/t17-/m1/s1. The van der Waals surface area contributed by atoms with Gasteiger partial charge < -0.3 is 19.1 Å². The summed E-state index contributed by atoms with van der Waals surface area (Å²) in [5.41, 5.74) is 2.77. The lowest BCUT2D eigenvalue weighted by molar-refractivity contribution is 0.0920. The molecular formula is C23H29N3O3S. The number of nitrogens with zero attached hydrogens (tertiary/aromatic N) is 2. The highest BCUT2D eigenvalue weighted by Crippen LogP contribution is 2.28. The van der Waals surface area contributed by atoms with Crippen molar-refractivity contribution in [3.8, 4) is 0 Å². The number of para-hydroxylation sites is 1. The fourth-order valence-electron chi connectivity index (χ4n) is 3.90. The molecular weight excluding hydrogens is 398 g/mol. The summed E-state index contributed by atoms with van der Waals surface area (Å²) in [6.45, 7) is 7.18. The first kappa shape index (κ1) is 21.0. The van der Waals surface area contributed by atoms with Crippen molar-refractivity contribution in [3.05, 3.63) is 47.4 Å². The highest BCUT2D eigenvalue weighted by atomic mass is 32.2. The van der Waals surface area contributed by atoms with Gasteiger partial charge in [-0.15, -0.1) is 0 Å². The van der Waals surface area contributed by atoms with Gasteiger partial charge in [-0.3, -0.25) is 4.79 Å². The number of furan rings is 1. The van der Waals surface area contributed by atoms with E-state index in [2.05, 4.69) is 22.1 Å². The molecule has 1 amide bonds. The van der Waals surface area contributed by atoms with Crippen LogP contribution in [0.5, 0.6) is 0 Å². The number of benzene rings is 1. The first-order valence-corrected chi connectivity index (χ1v) is 11.7. The molecule has 0 saturated carbocycles. The Hall–Kier alpha value is -2.25. The lowest BCUT2D eigenvalue weighted by atomic mass is 10.0. The zero-order valence-electron chi connectivity index (χ0n) is 17.6. The lowest BCUT2D eigenvalue weighted by Gasteiger charge is -2.33. The zero-order chi connectivity index (χ0) is 20.9. The lowest BCUT2D eigenvalue weighted by Crippen LogP contribution is -2.39. The first-order chi connectivity index (χ1) is 14.6. The van der Waals surface area contributed by atoms with Gasteiger partial charge in [0.05, 0.1) is 5.75 Å². The van der Waals surface area contributed by atoms with E-state index in [1.54, 1.807) is 6.07 Å². The molecule has 1 fully saturated rings. The summed E-state index contributed by atoms with van der Waals surface area (Å²) in [6.07, 6.45) is 4.85. The van der Waals surface area contributed by atoms with Crippen LogP contribution in [0.3, 0.4) is 0 Å². The largest absolute Gasteiger partial charge is 0.455 e. The van der Waals surface area contributed by atoms with Crippen LogP contribution in [0, 0.1) is 6.92 Å². The second kappa shape index (κ2) is 9.71. The Morgan fingerprint density at radius 3 is 3.00 bits per heavy atom. The van der Waals surface area contributed by atoms with E-state index < -0.39 is 0 Å². The minimum absolute atomic E-state index is 0.157. The summed E-state index contributed by atoms with van der Waals surface area (Å²) in [7, 11) is 0. The van der Waals surface area contributed by atoms with Gasteiger partial charge >= 0.3 is 0 Å². The minimum Gasteiger partial charge on any atom is -0.455 e. The Morgan fingerprint density at radius 1 is 1.27 bits per heavy atom. The molecule has 0 aliphatic carbocycles. The molecule has 7 heteroatoms. The summed E-state index contributed by atoms with van der Waals surface area (Å²) >= 11 is 1.46. The first-order valence-electron chi connectivity index (χ1n) is 10.7. The Kier molecular flexibility index (Phi) is 6.79. The number of amides is 1. The molecule has 1 aromatic carbocycles. The average molecular weight is 428 g/mol. The number of carbonyl (C=O) groups is 1. The van der Waals surface area contributed by atoms with Crippen molar-refractivity contribution < 1.29 is 13.6 Å². The van der Waals surface area contributed by atoms with E-state index in [1.807, 2.05) is 31.2 Å². The number of fused-ring (bicyclic) bond motifs is 1. The maximum atomic E-state index is 12.3. The number of piperidine rings is 1. The monoisotopic (exact) mass is 427 g/mol. The molecule has 3 aromatic rings. The summed E-state index contributed by atoms with van der Waals surface area (Å²) in [5.74, 6) is 1.48. The quantitative estimate of drug-likeness (QED) is 0.402. The number of oxazole rings is 1. The summed E-state index contributed by atoms with van der Waals surface area (Å²) in [4.78, 5) is 19.4. The average Bonchev–Trinajstić information content (AvgIpc) is 3.38. The minimum atomic E-state index is -0.157. The van der Waals surface area contributed by atoms with Gasteiger partial charge in [-0.1, -0.05) is 30.3 Å². The molecule has 1 saturated heterocycles. The molecule has 6 nitrogen and oxygen atoms in total. The molecule has 4 rings (SSSR count). The molecule has 0 bridgehead atoms. The third kappa shape index (κ3) is 5.08. The van der Waals surface area contributed by atoms with Gasteiger partial charge in [-0.2, -0.15) is 0 Å². The van der Waals surface area contributed by atoms with Crippen LogP contribution in [0.4, 0.5) is 0 Å². The molecule has 160 valence electrons. The smallest absolute Gasteiger partial charge is 0.286 e. The number of thioether (sulfide) groups is 1. The molecule has 3 heterocycles. The predicted molar refractivity (Wildman–Crippen MR) is 119 cm³/mol. The zero-order valence-corrected chi connectivity index (χ0v) is 18.5. The Morgan fingerprint density at radius 2 is 2.17 bits per heavy atom. The van der Waals surface area contributed by atoms with Crippen molar-refractivity contribution in [2.45, 2.75) is 56.5 Å². The van der Waals surface area contributed by atoms with Crippen molar-refractivity contribution in [2.24, 2.45) is 0 Å². The van der Waals surface area contributed by atoms with Crippen LogP contribution in [0.2, 0.25) is 0 Å². The maximum absolute atomic E-state index is 12.3. The topological polar surface area (TPSA) is 71.5 Å².